The first-order valence-electron chi connectivity index (χ1n) is 7.83. The van der Waals surface area contributed by atoms with Crippen molar-refractivity contribution in [2.45, 2.75) is 45.1 Å². The van der Waals surface area contributed by atoms with Crippen LogP contribution in [0.1, 0.15) is 38.2 Å². The van der Waals surface area contributed by atoms with E-state index in [0.29, 0.717) is 12.5 Å². The predicted octanol–water partition coefficient (Wildman–Crippen LogP) is 2.61. The van der Waals surface area contributed by atoms with E-state index in [1.807, 2.05) is 30.3 Å². The topological polar surface area (TPSA) is 32.3 Å². The highest BCUT2D eigenvalue weighted by molar-refractivity contribution is 5.78. The van der Waals surface area contributed by atoms with Crippen LogP contribution in [0.2, 0.25) is 0 Å². The highest BCUT2D eigenvalue weighted by atomic mass is 16.1. The first kappa shape index (κ1) is 15.0. The van der Waals surface area contributed by atoms with Gasteiger partial charge in [0.05, 0.1) is 6.42 Å². The lowest BCUT2D eigenvalue weighted by molar-refractivity contribution is -0.121. The Labute approximate surface area is 122 Å². The van der Waals surface area contributed by atoms with Crippen LogP contribution >= 0.6 is 0 Å². The molecule has 1 aromatic carbocycles. The molecule has 0 aliphatic carbocycles. The van der Waals surface area contributed by atoms with E-state index in [1.54, 1.807) is 0 Å². The largest absolute Gasteiger partial charge is 0.353 e. The zero-order chi connectivity index (χ0) is 14.2. The molecule has 0 aromatic heterocycles. The normalized spacial score (nSPS) is 17.1. The zero-order valence-electron chi connectivity index (χ0n) is 12.5. The molecule has 1 aliphatic heterocycles. The number of likely N-dealkylation sites (tertiary alicyclic amines) is 1. The fraction of sp³-hybridized carbons (Fsp3) is 0.588. The summed E-state index contributed by atoms with van der Waals surface area (Å²) in [4.78, 5) is 14.5. The smallest absolute Gasteiger partial charge is 0.224 e. The Kier molecular flexibility index (Phi) is 6.06. The van der Waals surface area contributed by atoms with Gasteiger partial charge >= 0.3 is 0 Å². The number of carbonyl (C=O) groups is 1. The second-order valence-electron chi connectivity index (χ2n) is 5.70. The van der Waals surface area contributed by atoms with Crippen LogP contribution < -0.4 is 5.32 Å². The van der Waals surface area contributed by atoms with Gasteiger partial charge in [0.1, 0.15) is 0 Å². The van der Waals surface area contributed by atoms with Crippen molar-refractivity contribution in [3.63, 3.8) is 0 Å². The van der Waals surface area contributed by atoms with Crippen molar-refractivity contribution in [2.75, 3.05) is 19.6 Å². The quantitative estimate of drug-likeness (QED) is 0.865. The van der Waals surface area contributed by atoms with Crippen molar-refractivity contribution in [3.05, 3.63) is 35.9 Å². The molecule has 20 heavy (non-hydrogen) atoms. The molecule has 1 aliphatic rings. The number of piperidine rings is 1. The molecule has 0 saturated carbocycles. The first-order valence-corrected chi connectivity index (χ1v) is 7.83. The molecular weight excluding hydrogens is 248 g/mol. The third-order valence-electron chi connectivity index (χ3n) is 3.99. The molecule has 1 fully saturated rings. The Morgan fingerprint density at radius 3 is 2.60 bits per heavy atom. The predicted molar refractivity (Wildman–Crippen MR) is 82.7 cm³/mol. The second-order valence-corrected chi connectivity index (χ2v) is 5.70. The molecule has 1 amide bonds. The molecule has 3 heteroatoms. The second kappa shape index (κ2) is 8.05. The number of nitrogens with one attached hydrogen (secondary N) is 1. The fourth-order valence-corrected chi connectivity index (χ4v) is 2.74. The van der Waals surface area contributed by atoms with E-state index in [4.69, 9.17) is 0 Å². The lowest BCUT2D eigenvalue weighted by atomic mass is 10.0. The van der Waals surface area contributed by atoms with E-state index < -0.39 is 0 Å². The van der Waals surface area contributed by atoms with Gasteiger partial charge in [0.2, 0.25) is 5.91 Å². The number of rotatable bonds is 6. The number of benzene rings is 1. The van der Waals surface area contributed by atoms with E-state index in [1.165, 1.54) is 19.4 Å². The van der Waals surface area contributed by atoms with Crippen LogP contribution in [0.3, 0.4) is 0 Å². The van der Waals surface area contributed by atoms with Gasteiger partial charge in [-0.15, -0.1) is 0 Å². The van der Waals surface area contributed by atoms with Gasteiger partial charge in [0, 0.05) is 19.1 Å². The van der Waals surface area contributed by atoms with Crippen LogP contribution in [0, 0.1) is 0 Å². The molecule has 3 nitrogen and oxygen atoms in total. The summed E-state index contributed by atoms with van der Waals surface area (Å²) < 4.78 is 0. The molecule has 110 valence electrons. The molecule has 0 bridgehead atoms. The van der Waals surface area contributed by atoms with Crippen LogP contribution in [-0.4, -0.2) is 36.5 Å². The van der Waals surface area contributed by atoms with Gasteiger partial charge < -0.3 is 10.2 Å². The Morgan fingerprint density at radius 1 is 1.25 bits per heavy atom. The van der Waals surface area contributed by atoms with E-state index in [0.717, 1.165) is 31.5 Å². The Hall–Kier alpha value is -1.35. The minimum Gasteiger partial charge on any atom is -0.353 e. The lowest BCUT2D eigenvalue weighted by Gasteiger charge is -2.32. The molecule has 2 rings (SSSR count). The summed E-state index contributed by atoms with van der Waals surface area (Å²) >= 11 is 0. The van der Waals surface area contributed by atoms with Crippen LogP contribution in [0.25, 0.3) is 0 Å². The van der Waals surface area contributed by atoms with Gasteiger partial charge in [-0.1, -0.05) is 43.7 Å². The Morgan fingerprint density at radius 2 is 1.95 bits per heavy atom. The van der Waals surface area contributed by atoms with Gasteiger partial charge in [0.15, 0.2) is 0 Å². The molecule has 1 heterocycles. The highest BCUT2D eigenvalue weighted by Crippen LogP contribution is 2.11. The summed E-state index contributed by atoms with van der Waals surface area (Å²) in [5, 5.41) is 3.18. The SMILES string of the molecule is CCCCN1CCC(NC(=O)Cc2ccccc2)CC1. The van der Waals surface area contributed by atoms with Crippen molar-refractivity contribution >= 4 is 5.91 Å². The van der Waals surface area contributed by atoms with E-state index >= 15 is 0 Å². The maximum atomic E-state index is 12.0. The fourth-order valence-electron chi connectivity index (χ4n) is 2.74. The molecule has 0 spiro atoms. The summed E-state index contributed by atoms with van der Waals surface area (Å²) in [6.45, 7) is 5.68. The summed E-state index contributed by atoms with van der Waals surface area (Å²) in [5.41, 5.74) is 1.09. The average Bonchev–Trinajstić information content (AvgIpc) is 2.47. The van der Waals surface area contributed by atoms with E-state index in [2.05, 4.69) is 17.1 Å². The third kappa shape index (κ3) is 4.97. The summed E-state index contributed by atoms with van der Waals surface area (Å²) in [5.74, 6) is 0.156. The van der Waals surface area contributed by atoms with E-state index in [-0.39, 0.29) is 5.91 Å². The average molecular weight is 274 g/mol. The third-order valence-corrected chi connectivity index (χ3v) is 3.99. The zero-order valence-corrected chi connectivity index (χ0v) is 12.5. The maximum absolute atomic E-state index is 12.0. The summed E-state index contributed by atoms with van der Waals surface area (Å²) in [6.07, 6.45) is 5.21. The highest BCUT2D eigenvalue weighted by Gasteiger charge is 2.20. The number of carbonyl (C=O) groups excluding carboxylic acids is 1. The van der Waals surface area contributed by atoms with Crippen LogP contribution in [0.15, 0.2) is 30.3 Å². The molecule has 1 aromatic rings. The van der Waals surface area contributed by atoms with Gasteiger partial charge in [0.25, 0.3) is 0 Å². The number of unbranched alkanes of at least 4 members (excludes halogenated alkanes) is 1. The minimum absolute atomic E-state index is 0.156. The van der Waals surface area contributed by atoms with Crippen LogP contribution in [0.4, 0.5) is 0 Å². The molecular formula is C17H26N2O. The molecule has 0 radical (unpaired) electrons. The van der Waals surface area contributed by atoms with Crippen molar-refractivity contribution in [1.82, 2.24) is 10.2 Å². The van der Waals surface area contributed by atoms with E-state index in [9.17, 15) is 4.79 Å². The number of hydrogen-bond donors (Lipinski definition) is 1. The maximum Gasteiger partial charge on any atom is 0.224 e. The first-order chi connectivity index (χ1) is 9.78. The number of amides is 1. The van der Waals surface area contributed by atoms with Crippen LogP contribution in [-0.2, 0) is 11.2 Å². The lowest BCUT2D eigenvalue weighted by Crippen LogP contribution is -2.45. The number of hydrogen-bond acceptors (Lipinski definition) is 2. The van der Waals surface area contributed by atoms with Gasteiger partial charge in [-0.2, -0.15) is 0 Å². The monoisotopic (exact) mass is 274 g/mol. The van der Waals surface area contributed by atoms with Crippen molar-refractivity contribution in [3.8, 4) is 0 Å². The van der Waals surface area contributed by atoms with Crippen molar-refractivity contribution < 1.29 is 4.79 Å². The molecule has 0 atom stereocenters. The standard InChI is InChI=1S/C17H26N2O/c1-2-3-11-19-12-9-16(10-13-19)18-17(20)14-15-7-5-4-6-8-15/h4-8,16H,2-3,9-14H2,1H3,(H,18,20). The van der Waals surface area contributed by atoms with Crippen molar-refractivity contribution in [1.29, 1.82) is 0 Å². The molecule has 1 saturated heterocycles. The van der Waals surface area contributed by atoms with Crippen molar-refractivity contribution in [2.24, 2.45) is 0 Å². The molecule has 1 N–H and O–H groups in total. The summed E-state index contributed by atoms with van der Waals surface area (Å²) in [6, 6.07) is 10.3. The number of nitrogens with zero attached hydrogens (tertiary/aromatic N) is 1. The minimum atomic E-state index is 0.156. The molecule has 0 unspecified atom stereocenters. The summed E-state index contributed by atoms with van der Waals surface area (Å²) in [7, 11) is 0. The van der Waals surface area contributed by atoms with Crippen LogP contribution in [0.5, 0.6) is 0 Å². The van der Waals surface area contributed by atoms with Gasteiger partial charge in [-0.25, -0.2) is 0 Å². The van der Waals surface area contributed by atoms with Gasteiger partial charge in [-0.3, -0.25) is 4.79 Å². The Bertz CT molecular complexity index is 397. The van der Waals surface area contributed by atoms with Gasteiger partial charge in [-0.05, 0) is 31.4 Å². The Balaban J connectivity index is 1.68.